The molecule has 26 heavy (non-hydrogen) atoms. The topological polar surface area (TPSA) is 58.1 Å². The number of rotatable bonds is 10. The maximum Gasteiger partial charge on any atom is 0.191 e. The van der Waals surface area contributed by atoms with Crippen LogP contribution >= 0.6 is 11.3 Å². The molecule has 1 aliphatic rings. The number of likely N-dealkylation sites (tertiary alicyclic amines) is 1. The zero-order valence-electron chi connectivity index (χ0n) is 16.4. The predicted molar refractivity (Wildman–Crippen MR) is 109 cm³/mol. The molecule has 2 heterocycles. The standard InChI is InChI=1S/C19H34N4O2S/c1-16-6-9-23(10-7-16)17(18-5-4-14-26-18)15-22-19(20-2)21-8-11-25-13-12-24-3/h4-5,14,16-17H,6-13,15H2,1-3H3,(H2,20,21,22). The monoisotopic (exact) mass is 382 g/mol. The maximum atomic E-state index is 5.48. The minimum Gasteiger partial charge on any atom is -0.382 e. The van der Waals surface area contributed by atoms with E-state index in [0.717, 1.165) is 25.0 Å². The van der Waals surface area contributed by atoms with Crippen LogP contribution in [0.2, 0.25) is 0 Å². The molecule has 2 rings (SSSR count). The molecule has 0 bridgehead atoms. The fraction of sp³-hybridized carbons (Fsp3) is 0.737. The highest BCUT2D eigenvalue weighted by Gasteiger charge is 2.25. The molecule has 148 valence electrons. The quantitative estimate of drug-likeness (QED) is 0.370. The van der Waals surface area contributed by atoms with Crippen LogP contribution in [0.25, 0.3) is 0 Å². The zero-order valence-corrected chi connectivity index (χ0v) is 17.2. The number of hydrogen-bond donors (Lipinski definition) is 2. The first kappa shape index (κ1) is 21.2. The van der Waals surface area contributed by atoms with E-state index < -0.39 is 0 Å². The molecule has 1 aromatic rings. The van der Waals surface area contributed by atoms with Gasteiger partial charge in [0, 0.05) is 32.1 Å². The van der Waals surface area contributed by atoms with Crippen molar-refractivity contribution in [2.75, 3.05) is 60.2 Å². The van der Waals surface area contributed by atoms with E-state index in [-0.39, 0.29) is 0 Å². The van der Waals surface area contributed by atoms with Gasteiger partial charge in [-0.15, -0.1) is 11.3 Å². The third-order valence-corrected chi connectivity index (χ3v) is 5.76. The lowest BCUT2D eigenvalue weighted by Crippen LogP contribution is -2.45. The normalized spacial score (nSPS) is 18.0. The molecule has 2 N–H and O–H groups in total. The molecule has 1 fully saturated rings. The molecule has 0 aliphatic carbocycles. The van der Waals surface area contributed by atoms with Crippen LogP contribution in [0.3, 0.4) is 0 Å². The third kappa shape index (κ3) is 7.23. The third-order valence-electron chi connectivity index (χ3n) is 4.79. The van der Waals surface area contributed by atoms with Gasteiger partial charge in [0.05, 0.1) is 25.9 Å². The second-order valence-electron chi connectivity index (χ2n) is 6.73. The van der Waals surface area contributed by atoms with Gasteiger partial charge in [0.1, 0.15) is 0 Å². The number of methoxy groups -OCH3 is 1. The lowest BCUT2D eigenvalue weighted by molar-refractivity contribution is 0.0733. The van der Waals surface area contributed by atoms with Gasteiger partial charge in [-0.05, 0) is 43.3 Å². The maximum absolute atomic E-state index is 5.48. The second kappa shape index (κ2) is 12.3. The number of nitrogens with zero attached hydrogens (tertiary/aromatic N) is 2. The summed E-state index contributed by atoms with van der Waals surface area (Å²) >= 11 is 1.84. The highest BCUT2D eigenvalue weighted by Crippen LogP contribution is 2.28. The SMILES string of the molecule is CN=C(NCCOCCOC)NCC(c1cccs1)N1CCC(C)CC1. The molecule has 0 aromatic carbocycles. The highest BCUT2D eigenvalue weighted by atomic mass is 32.1. The summed E-state index contributed by atoms with van der Waals surface area (Å²) in [5.74, 6) is 1.67. The Morgan fingerprint density at radius 3 is 2.77 bits per heavy atom. The molecule has 1 saturated heterocycles. The first-order valence-corrected chi connectivity index (χ1v) is 10.4. The zero-order chi connectivity index (χ0) is 18.6. The first-order valence-electron chi connectivity index (χ1n) is 9.53. The van der Waals surface area contributed by atoms with E-state index in [1.807, 2.05) is 18.4 Å². The minimum absolute atomic E-state index is 0.402. The average Bonchev–Trinajstić information content (AvgIpc) is 3.18. The van der Waals surface area contributed by atoms with Crippen molar-refractivity contribution in [1.29, 1.82) is 0 Å². The van der Waals surface area contributed by atoms with Crippen LogP contribution in [0.5, 0.6) is 0 Å². The molecule has 1 atom stereocenters. The summed E-state index contributed by atoms with van der Waals surface area (Å²) in [6.07, 6.45) is 2.57. The van der Waals surface area contributed by atoms with E-state index in [1.54, 1.807) is 7.11 Å². The molecule has 0 amide bonds. The number of hydrogen-bond acceptors (Lipinski definition) is 5. The number of piperidine rings is 1. The number of thiophene rings is 1. The van der Waals surface area contributed by atoms with Gasteiger partial charge in [0.25, 0.3) is 0 Å². The first-order chi connectivity index (χ1) is 12.7. The number of ether oxygens (including phenoxy) is 2. The molecular formula is C19H34N4O2S. The van der Waals surface area contributed by atoms with Crippen molar-refractivity contribution < 1.29 is 9.47 Å². The Bertz CT molecular complexity index is 502. The fourth-order valence-electron chi connectivity index (χ4n) is 3.13. The Balaban J connectivity index is 1.79. The van der Waals surface area contributed by atoms with Gasteiger partial charge in [0.15, 0.2) is 5.96 Å². The van der Waals surface area contributed by atoms with Gasteiger partial charge in [-0.25, -0.2) is 0 Å². The highest BCUT2D eigenvalue weighted by molar-refractivity contribution is 7.10. The van der Waals surface area contributed by atoms with E-state index in [9.17, 15) is 0 Å². The Morgan fingerprint density at radius 1 is 1.31 bits per heavy atom. The summed E-state index contributed by atoms with van der Waals surface area (Å²) < 4.78 is 10.5. The summed E-state index contributed by atoms with van der Waals surface area (Å²) in [6.45, 7) is 8.18. The molecule has 0 radical (unpaired) electrons. The summed E-state index contributed by atoms with van der Waals surface area (Å²) in [6, 6.07) is 4.79. The van der Waals surface area contributed by atoms with Gasteiger partial charge < -0.3 is 20.1 Å². The van der Waals surface area contributed by atoms with Crippen molar-refractivity contribution in [2.45, 2.75) is 25.8 Å². The van der Waals surface area contributed by atoms with E-state index in [1.165, 1.54) is 30.8 Å². The summed E-state index contributed by atoms with van der Waals surface area (Å²) in [5.41, 5.74) is 0. The Hall–Kier alpha value is -1.15. The van der Waals surface area contributed by atoms with Crippen LogP contribution in [0.1, 0.15) is 30.7 Å². The van der Waals surface area contributed by atoms with Crippen LogP contribution in [-0.4, -0.2) is 71.0 Å². The fourth-order valence-corrected chi connectivity index (χ4v) is 3.99. The van der Waals surface area contributed by atoms with E-state index in [4.69, 9.17) is 9.47 Å². The molecule has 0 saturated carbocycles. The second-order valence-corrected chi connectivity index (χ2v) is 7.71. The van der Waals surface area contributed by atoms with E-state index >= 15 is 0 Å². The number of nitrogens with one attached hydrogen (secondary N) is 2. The largest absolute Gasteiger partial charge is 0.382 e. The molecule has 1 aliphatic heterocycles. The number of aliphatic imine (C=N–C) groups is 1. The lowest BCUT2D eigenvalue weighted by atomic mass is 9.97. The molecule has 0 spiro atoms. The molecular weight excluding hydrogens is 348 g/mol. The van der Waals surface area contributed by atoms with Crippen molar-refractivity contribution >= 4 is 17.3 Å². The van der Waals surface area contributed by atoms with Gasteiger partial charge in [0.2, 0.25) is 0 Å². The van der Waals surface area contributed by atoms with Gasteiger partial charge >= 0.3 is 0 Å². The van der Waals surface area contributed by atoms with Crippen molar-refractivity contribution in [2.24, 2.45) is 10.9 Å². The lowest BCUT2D eigenvalue weighted by Gasteiger charge is -2.36. The molecule has 7 heteroatoms. The summed E-state index contributed by atoms with van der Waals surface area (Å²) in [7, 11) is 3.49. The Morgan fingerprint density at radius 2 is 2.12 bits per heavy atom. The van der Waals surface area contributed by atoms with Crippen LogP contribution in [-0.2, 0) is 9.47 Å². The van der Waals surface area contributed by atoms with Crippen LogP contribution < -0.4 is 10.6 Å². The van der Waals surface area contributed by atoms with Crippen molar-refractivity contribution in [3.05, 3.63) is 22.4 Å². The van der Waals surface area contributed by atoms with Gasteiger partial charge in [-0.2, -0.15) is 0 Å². The minimum atomic E-state index is 0.402. The smallest absolute Gasteiger partial charge is 0.191 e. The van der Waals surface area contributed by atoms with Crippen LogP contribution in [0.4, 0.5) is 0 Å². The van der Waals surface area contributed by atoms with Gasteiger partial charge in [-0.3, -0.25) is 9.89 Å². The average molecular weight is 383 g/mol. The molecule has 1 unspecified atom stereocenters. The Kier molecular flexibility index (Phi) is 9.99. The van der Waals surface area contributed by atoms with Gasteiger partial charge in [-0.1, -0.05) is 13.0 Å². The molecule has 6 nitrogen and oxygen atoms in total. The van der Waals surface area contributed by atoms with E-state index in [0.29, 0.717) is 25.9 Å². The summed E-state index contributed by atoms with van der Waals surface area (Å²) in [5, 5.41) is 8.97. The molecule has 1 aromatic heterocycles. The van der Waals surface area contributed by atoms with Crippen molar-refractivity contribution in [3.8, 4) is 0 Å². The summed E-state index contributed by atoms with van der Waals surface area (Å²) in [4.78, 5) is 8.36. The van der Waals surface area contributed by atoms with Crippen LogP contribution in [0.15, 0.2) is 22.5 Å². The van der Waals surface area contributed by atoms with Crippen molar-refractivity contribution in [3.63, 3.8) is 0 Å². The predicted octanol–water partition coefficient (Wildman–Crippen LogP) is 2.35. The van der Waals surface area contributed by atoms with Crippen molar-refractivity contribution in [1.82, 2.24) is 15.5 Å². The van der Waals surface area contributed by atoms with Crippen LogP contribution in [0, 0.1) is 5.92 Å². The number of guanidine groups is 1. The Labute approximate surface area is 162 Å². The van der Waals surface area contributed by atoms with E-state index in [2.05, 4.69) is 45.0 Å².